The van der Waals surface area contributed by atoms with E-state index in [1.807, 2.05) is 54.6 Å². The molecule has 0 saturated heterocycles. The number of hydrogen-bond acceptors (Lipinski definition) is 2. The van der Waals surface area contributed by atoms with Gasteiger partial charge in [-0.15, -0.1) is 0 Å². The molecule has 2 nitrogen and oxygen atoms in total. The van der Waals surface area contributed by atoms with Gasteiger partial charge in [0.25, 0.3) is 0 Å². The maximum atomic E-state index is 12.7. The van der Waals surface area contributed by atoms with E-state index < -0.39 is 0 Å². The number of rotatable bonds is 3. The Hall–Kier alpha value is -2.13. The fraction of sp³-hybridized carbons (Fsp3) is 0.0556. The number of para-hydroxylation sites is 1. The largest absolute Gasteiger partial charge is 0.495 e. The molecule has 0 aliphatic rings. The summed E-state index contributed by atoms with van der Waals surface area (Å²) in [5, 5.41) is 2.17. The Labute approximate surface area is 131 Å². The first-order valence-corrected chi connectivity index (χ1v) is 7.36. The van der Waals surface area contributed by atoms with Gasteiger partial charge in [-0.2, -0.15) is 0 Å². The summed E-state index contributed by atoms with van der Waals surface area (Å²) in [4.78, 5) is 12.7. The molecule has 21 heavy (non-hydrogen) atoms. The molecule has 0 aliphatic carbocycles. The lowest BCUT2D eigenvalue weighted by atomic mass is 9.99. The molecule has 0 aliphatic heterocycles. The third kappa shape index (κ3) is 2.57. The van der Waals surface area contributed by atoms with Crippen LogP contribution in [0.4, 0.5) is 0 Å². The molecule has 0 amide bonds. The summed E-state index contributed by atoms with van der Waals surface area (Å²) in [6.45, 7) is 0. The Balaban J connectivity index is 2.10. The third-order valence-electron chi connectivity index (χ3n) is 3.43. The molecular formula is C18H13BrO2. The van der Waals surface area contributed by atoms with Gasteiger partial charge >= 0.3 is 0 Å². The van der Waals surface area contributed by atoms with E-state index in [1.165, 1.54) is 0 Å². The molecule has 0 fully saturated rings. The van der Waals surface area contributed by atoms with Gasteiger partial charge in [0.2, 0.25) is 0 Å². The summed E-state index contributed by atoms with van der Waals surface area (Å²) in [6, 6.07) is 19.2. The molecule has 0 radical (unpaired) electrons. The molecule has 3 aromatic rings. The van der Waals surface area contributed by atoms with Crippen molar-refractivity contribution in [3.8, 4) is 5.75 Å². The Morgan fingerprint density at radius 1 is 0.952 bits per heavy atom. The summed E-state index contributed by atoms with van der Waals surface area (Å²) in [5.41, 5.74) is 1.22. The molecule has 3 rings (SSSR count). The molecular weight excluding hydrogens is 328 g/mol. The first-order chi connectivity index (χ1) is 10.2. The number of fused-ring (bicyclic) bond motifs is 1. The second-order valence-electron chi connectivity index (χ2n) is 4.71. The monoisotopic (exact) mass is 340 g/mol. The lowest BCUT2D eigenvalue weighted by molar-refractivity contribution is 0.103. The van der Waals surface area contributed by atoms with Crippen LogP contribution < -0.4 is 4.74 Å². The van der Waals surface area contributed by atoms with E-state index in [0.717, 1.165) is 15.2 Å². The summed E-state index contributed by atoms with van der Waals surface area (Å²) >= 11 is 3.41. The van der Waals surface area contributed by atoms with E-state index in [-0.39, 0.29) is 5.78 Å². The molecule has 0 heterocycles. The fourth-order valence-electron chi connectivity index (χ4n) is 2.38. The fourth-order valence-corrected chi connectivity index (χ4v) is 2.91. The predicted molar refractivity (Wildman–Crippen MR) is 88.1 cm³/mol. The Kier molecular flexibility index (Phi) is 3.76. The van der Waals surface area contributed by atoms with Crippen molar-refractivity contribution < 1.29 is 9.53 Å². The molecule has 3 heteroatoms. The van der Waals surface area contributed by atoms with Crippen molar-refractivity contribution in [3.05, 3.63) is 76.3 Å². The van der Waals surface area contributed by atoms with Crippen molar-refractivity contribution in [1.29, 1.82) is 0 Å². The van der Waals surface area contributed by atoms with Crippen molar-refractivity contribution in [2.24, 2.45) is 0 Å². The number of carbonyl (C=O) groups is 1. The van der Waals surface area contributed by atoms with Crippen LogP contribution in [0.1, 0.15) is 15.9 Å². The van der Waals surface area contributed by atoms with Crippen LogP contribution in [0.2, 0.25) is 0 Å². The smallest absolute Gasteiger partial charge is 0.196 e. The van der Waals surface area contributed by atoms with Crippen molar-refractivity contribution in [3.63, 3.8) is 0 Å². The van der Waals surface area contributed by atoms with E-state index in [9.17, 15) is 4.79 Å². The summed E-state index contributed by atoms with van der Waals surface area (Å²) in [5.74, 6) is 0.523. The van der Waals surface area contributed by atoms with Gasteiger partial charge < -0.3 is 4.74 Å². The van der Waals surface area contributed by atoms with E-state index in [2.05, 4.69) is 15.9 Å². The zero-order valence-corrected chi connectivity index (χ0v) is 13.1. The first-order valence-electron chi connectivity index (χ1n) is 6.56. The highest BCUT2D eigenvalue weighted by molar-refractivity contribution is 9.10. The first kappa shape index (κ1) is 13.8. The third-order valence-corrected chi connectivity index (χ3v) is 4.05. The number of ether oxygens (including phenoxy) is 1. The topological polar surface area (TPSA) is 26.3 Å². The maximum absolute atomic E-state index is 12.7. The highest BCUT2D eigenvalue weighted by Gasteiger charge is 2.16. The van der Waals surface area contributed by atoms with Gasteiger partial charge in [0.05, 0.1) is 17.1 Å². The number of carbonyl (C=O) groups excluding carboxylic acids is 1. The summed E-state index contributed by atoms with van der Waals surface area (Å²) in [7, 11) is 1.57. The second kappa shape index (κ2) is 5.70. The second-order valence-corrected chi connectivity index (χ2v) is 5.57. The van der Waals surface area contributed by atoms with Gasteiger partial charge in [-0.05, 0) is 44.9 Å². The SMILES string of the molecule is COc1c(Br)cccc1C(=O)c1ccc2ccccc2c1. The van der Waals surface area contributed by atoms with E-state index in [0.29, 0.717) is 16.9 Å². The van der Waals surface area contributed by atoms with E-state index in [4.69, 9.17) is 4.74 Å². The highest BCUT2D eigenvalue weighted by Crippen LogP contribution is 2.30. The van der Waals surface area contributed by atoms with Crippen molar-refractivity contribution >= 4 is 32.5 Å². The lowest BCUT2D eigenvalue weighted by Crippen LogP contribution is -2.04. The number of halogens is 1. The molecule has 3 aromatic carbocycles. The summed E-state index contributed by atoms with van der Waals surface area (Å²) < 4.78 is 6.11. The molecule has 0 saturated carbocycles. The van der Waals surface area contributed by atoms with Gasteiger partial charge in [-0.1, -0.05) is 42.5 Å². The zero-order valence-electron chi connectivity index (χ0n) is 11.5. The van der Waals surface area contributed by atoms with Gasteiger partial charge in [-0.25, -0.2) is 0 Å². The van der Waals surface area contributed by atoms with Crippen LogP contribution in [0.25, 0.3) is 10.8 Å². The van der Waals surface area contributed by atoms with Crippen LogP contribution in [0, 0.1) is 0 Å². The summed E-state index contributed by atoms with van der Waals surface area (Å²) in [6.07, 6.45) is 0. The Bertz CT molecular complexity index is 824. The van der Waals surface area contributed by atoms with Crippen LogP contribution in [0.15, 0.2) is 65.1 Å². The average Bonchev–Trinajstić information content (AvgIpc) is 2.53. The highest BCUT2D eigenvalue weighted by atomic mass is 79.9. The minimum atomic E-state index is -0.0427. The Morgan fingerprint density at radius 2 is 1.71 bits per heavy atom. The van der Waals surface area contributed by atoms with Crippen LogP contribution in [-0.4, -0.2) is 12.9 Å². The van der Waals surface area contributed by atoms with E-state index in [1.54, 1.807) is 13.2 Å². The predicted octanol–water partition coefficient (Wildman–Crippen LogP) is 4.84. The van der Waals surface area contributed by atoms with E-state index >= 15 is 0 Å². The van der Waals surface area contributed by atoms with Crippen molar-refractivity contribution in [2.75, 3.05) is 7.11 Å². The Morgan fingerprint density at radius 3 is 2.48 bits per heavy atom. The molecule has 0 aromatic heterocycles. The van der Waals surface area contributed by atoms with Gasteiger partial charge in [0, 0.05) is 5.56 Å². The quantitative estimate of drug-likeness (QED) is 0.637. The van der Waals surface area contributed by atoms with Crippen LogP contribution in [0.5, 0.6) is 5.75 Å². The van der Waals surface area contributed by atoms with Crippen LogP contribution in [-0.2, 0) is 0 Å². The average molecular weight is 341 g/mol. The van der Waals surface area contributed by atoms with Crippen LogP contribution in [0.3, 0.4) is 0 Å². The molecule has 0 N–H and O–H groups in total. The molecule has 0 atom stereocenters. The van der Waals surface area contributed by atoms with Crippen LogP contribution >= 0.6 is 15.9 Å². The minimum Gasteiger partial charge on any atom is -0.495 e. The molecule has 0 bridgehead atoms. The molecule has 0 unspecified atom stereocenters. The standard InChI is InChI=1S/C18H13BrO2/c1-21-18-15(7-4-8-16(18)19)17(20)14-10-9-12-5-2-3-6-13(12)11-14/h2-11H,1H3. The van der Waals surface area contributed by atoms with Gasteiger partial charge in [-0.3, -0.25) is 4.79 Å². The molecule has 0 spiro atoms. The number of methoxy groups -OCH3 is 1. The normalized spacial score (nSPS) is 10.6. The van der Waals surface area contributed by atoms with Gasteiger partial charge in [0.1, 0.15) is 5.75 Å². The number of hydrogen-bond donors (Lipinski definition) is 0. The number of ketones is 1. The minimum absolute atomic E-state index is 0.0427. The van der Waals surface area contributed by atoms with Gasteiger partial charge in [0.15, 0.2) is 5.78 Å². The number of benzene rings is 3. The van der Waals surface area contributed by atoms with Crippen molar-refractivity contribution in [2.45, 2.75) is 0 Å². The lowest BCUT2D eigenvalue weighted by Gasteiger charge is -2.10. The molecule has 104 valence electrons. The maximum Gasteiger partial charge on any atom is 0.196 e. The van der Waals surface area contributed by atoms with Crippen molar-refractivity contribution in [1.82, 2.24) is 0 Å². The zero-order chi connectivity index (χ0) is 14.8.